The van der Waals surface area contributed by atoms with Gasteiger partial charge in [-0.25, -0.2) is 17.5 Å². The first-order valence-corrected chi connectivity index (χ1v) is 12.0. The molecule has 1 saturated heterocycles. The van der Waals surface area contributed by atoms with E-state index in [9.17, 15) is 18.0 Å². The summed E-state index contributed by atoms with van der Waals surface area (Å²) < 4.78 is 31.0. The average molecular weight is 440 g/mol. The molecular formula is C21H33N3O5S. The lowest BCUT2D eigenvalue weighted by atomic mass is 10.1. The number of sulfonamides is 1. The van der Waals surface area contributed by atoms with Gasteiger partial charge in [0, 0.05) is 24.8 Å². The van der Waals surface area contributed by atoms with Crippen LogP contribution in [-0.4, -0.2) is 55.2 Å². The molecular weight excluding hydrogens is 406 g/mol. The van der Waals surface area contributed by atoms with Crippen LogP contribution in [-0.2, 0) is 26.0 Å². The number of rotatable bonds is 7. The van der Waals surface area contributed by atoms with Crippen LogP contribution in [0, 0.1) is 0 Å². The van der Waals surface area contributed by atoms with E-state index in [1.165, 1.54) is 4.31 Å². The summed E-state index contributed by atoms with van der Waals surface area (Å²) in [6.45, 7) is 8.12. The van der Waals surface area contributed by atoms with Gasteiger partial charge in [0.1, 0.15) is 5.60 Å². The highest BCUT2D eigenvalue weighted by Gasteiger charge is 2.27. The number of nitrogens with zero attached hydrogens (tertiary/aromatic N) is 1. The highest BCUT2D eigenvalue weighted by atomic mass is 32.2. The van der Waals surface area contributed by atoms with Crippen molar-refractivity contribution in [1.29, 1.82) is 0 Å². The molecule has 0 saturated carbocycles. The minimum atomic E-state index is -3.18. The van der Waals surface area contributed by atoms with Gasteiger partial charge in [0.25, 0.3) is 0 Å². The summed E-state index contributed by atoms with van der Waals surface area (Å²) in [5.41, 5.74) is 0.845. The second-order valence-corrected chi connectivity index (χ2v) is 10.6. The number of piperidine rings is 1. The van der Waals surface area contributed by atoms with E-state index >= 15 is 0 Å². The number of hydrogen-bond acceptors (Lipinski definition) is 5. The number of carbonyl (C=O) groups excluding carboxylic acids is 2. The Morgan fingerprint density at radius 3 is 2.27 bits per heavy atom. The highest BCUT2D eigenvalue weighted by molar-refractivity contribution is 7.89. The lowest BCUT2D eigenvalue weighted by Crippen LogP contribution is -2.47. The molecule has 1 heterocycles. The second-order valence-electron chi connectivity index (χ2n) is 8.56. The Morgan fingerprint density at radius 2 is 1.73 bits per heavy atom. The number of amides is 2. The fourth-order valence-electron chi connectivity index (χ4n) is 3.26. The topological polar surface area (TPSA) is 105 Å². The maximum absolute atomic E-state index is 12.3. The van der Waals surface area contributed by atoms with E-state index in [0.717, 1.165) is 5.56 Å². The highest BCUT2D eigenvalue weighted by Crippen LogP contribution is 2.16. The Morgan fingerprint density at radius 1 is 1.13 bits per heavy atom. The molecule has 168 valence electrons. The zero-order chi connectivity index (χ0) is 22.4. The van der Waals surface area contributed by atoms with Crippen LogP contribution in [0.1, 0.15) is 52.5 Å². The van der Waals surface area contributed by atoms with Gasteiger partial charge in [0.15, 0.2) is 0 Å². The third-order valence-corrected chi connectivity index (χ3v) is 6.71. The van der Waals surface area contributed by atoms with Crippen LogP contribution in [0.25, 0.3) is 0 Å². The Bertz CT molecular complexity index is 823. The lowest BCUT2D eigenvalue weighted by Gasteiger charge is -2.31. The molecule has 0 bridgehead atoms. The van der Waals surface area contributed by atoms with Gasteiger partial charge >= 0.3 is 6.09 Å². The molecule has 0 atom stereocenters. The molecule has 0 aliphatic carbocycles. The number of anilines is 1. The van der Waals surface area contributed by atoms with Gasteiger partial charge in [0.2, 0.25) is 15.9 Å². The van der Waals surface area contributed by atoms with E-state index in [1.54, 1.807) is 45.0 Å². The molecule has 2 rings (SSSR count). The summed E-state index contributed by atoms with van der Waals surface area (Å²) in [7, 11) is -3.18. The molecule has 9 heteroatoms. The lowest BCUT2D eigenvalue weighted by molar-refractivity contribution is -0.121. The Hall–Kier alpha value is -2.13. The fourth-order valence-corrected chi connectivity index (χ4v) is 4.80. The smallest absolute Gasteiger partial charge is 0.412 e. The Labute approximate surface area is 179 Å². The van der Waals surface area contributed by atoms with E-state index in [-0.39, 0.29) is 24.1 Å². The van der Waals surface area contributed by atoms with E-state index in [1.807, 2.05) is 6.92 Å². The van der Waals surface area contributed by atoms with Crippen LogP contribution in [0.5, 0.6) is 0 Å². The predicted molar refractivity (Wildman–Crippen MR) is 117 cm³/mol. The maximum Gasteiger partial charge on any atom is 0.412 e. The zero-order valence-corrected chi connectivity index (χ0v) is 19.0. The van der Waals surface area contributed by atoms with Crippen molar-refractivity contribution < 1.29 is 22.7 Å². The van der Waals surface area contributed by atoms with E-state index < -0.39 is 21.7 Å². The van der Waals surface area contributed by atoms with Crippen LogP contribution in [0.3, 0.4) is 0 Å². The van der Waals surface area contributed by atoms with E-state index in [4.69, 9.17) is 4.74 Å². The quantitative estimate of drug-likeness (QED) is 0.680. The normalized spacial score (nSPS) is 16.1. The molecule has 30 heavy (non-hydrogen) atoms. The van der Waals surface area contributed by atoms with Crippen molar-refractivity contribution in [3.63, 3.8) is 0 Å². The van der Waals surface area contributed by atoms with Gasteiger partial charge in [-0.05, 0) is 57.7 Å². The molecule has 0 unspecified atom stereocenters. The molecule has 1 fully saturated rings. The summed E-state index contributed by atoms with van der Waals surface area (Å²) >= 11 is 0. The molecule has 0 aromatic heterocycles. The van der Waals surface area contributed by atoms with Crippen molar-refractivity contribution in [2.45, 2.75) is 65.0 Å². The van der Waals surface area contributed by atoms with Crippen LogP contribution >= 0.6 is 0 Å². The predicted octanol–water partition coefficient (Wildman–Crippen LogP) is 2.90. The molecule has 8 nitrogen and oxygen atoms in total. The van der Waals surface area contributed by atoms with Crippen LogP contribution in [0.4, 0.5) is 10.5 Å². The van der Waals surface area contributed by atoms with Gasteiger partial charge in [-0.1, -0.05) is 19.1 Å². The van der Waals surface area contributed by atoms with Crippen molar-refractivity contribution in [2.75, 3.05) is 24.2 Å². The van der Waals surface area contributed by atoms with Crippen molar-refractivity contribution >= 4 is 27.7 Å². The molecule has 2 amide bonds. The summed E-state index contributed by atoms with van der Waals surface area (Å²) in [5.74, 6) is 0.0701. The summed E-state index contributed by atoms with van der Waals surface area (Å²) in [4.78, 5) is 24.1. The van der Waals surface area contributed by atoms with Crippen LogP contribution in [0.2, 0.25) is 0 Å². The van der Waals surface area contributed by atoms with Crippen LogP contribution in [0.15, 0.2) is 24.3 Å². The fraction of sp³-hybridized carbons (Fsp3) is 0.619. The third kappa shape index (κ3) is 7.95. The number of carbonyl (C=O) groups is 2. The van der Waals surface area contributed by atoms with Crippen molar-refractivity contribution in [3.8, 4) is 0 Å². The summed E-state index contributed by atoms with van der Waals surface area (Å²) in [6, 6.07) is 7.00. The van der Waals surface area contributed by atoms with E-state index in [0.29, 0.717) is 38.0 Å². The van der Waals surface area contributed by atoms with Crippen molar-refractivity contribution in [2.24, 2.45) is 0 Å². The first kappa shape index (κ1) is 24.1. The first-order chi connectivity index (χ1) is 14.0. The average Bonchev–Trinajstić information content (AvgIpc) is 2.62. The minimum Gasteiger partial charge on any atom is -0.444 e. The van der Waals surface area contributed by atoms with E-state index in [2.05, 4.69) is 10.6 Å². The third-order valence-electron chi connectivity index (χ3n) is 4.64. The van der Waals surface area contributed by atoms with Crippen molar-refractivity contribution in [3.05, 3.63) is 29.8 Å². The second kappa shape index (κ2) is 10.3. The molecule has 1 aliphatic heterocycles. The molecule has 2 N–H and O–H groups in total. The number of hydrogen-bond donors (Lipinski definition) is 2. The van der Waals surface area contributed by atoms with Gasteiger partial charge in [-0.3, -0.25) is 10.1 Å². The maximum atomic E-state index is 12.3. The number of ether oxygens (including phenoxy) is 1. The van der Waals surface area contributed by atoms with Gasteiger partial charge in [-0.2, -0.15) is 0 Å². The number of nitrogens with one attached hydrogen (secondary N) is 2. The van der Waals surface area contributed by atoms with Crippen molar-refractivity contribution in [1.82, 2.24) is 9.62 Å². The Kier molecular flexibility index (Phi) is 8.25. The molecule has 0 spiro atoms. The summed E-state index contributed by atoms with van der Waals surface area (Å²) in [6.07, 6.45) is 1.53. The molecule has 1 aromatic carbocycles. The van der Waals surface area contributed by atoms with Gasteiger partial charge in [-0.15, -0.1) is 0 Å². The monoisotopic (exact) mass is 439 g/mol. The molecule has 1 aliphatic rings. The Balaban J connectivity index is 1.78. The van der Waals surface area contributed by atoms with Crippen LogP contribution < -0.4 is 10.6 Å². The number of benzene rings is 1. The SMILES string of the molecule is CCCS(=O)(=O)N1CCC(NC(=O)Cc2ccc(NC(=O)OC(C)(C)C)cc2)CC1. The standard InChI is InChI=1S/C21H33N3O5S/c1-5-14-30(27,28)24-12-10-18(11-13-24)22-19(25)15-16-6-8-17(9-7-16)23-20(26)29-21(2,3)4/h6-9,18H,5,10-15H2,1-4H3,(H,22,25)(H,23,26). The first-order valence-electron chi connectivity index (χ1n) is 10.3. The molecule has 1 aromatic rings. The molecule has 0 radical (unpaired) electrons. The summed E-state index contributed by atoms with van der Waals surface area (Å²) in [5, 5.41) is 5.65. The van der Waals surface area contributed by atoms with Gasteiger partial charge < -0.3 is 10.1 Å². The largest absolute Gasteiger partial charge is 0.444 e. The minimum absolute atomic E-state index is 0.0151. The van der Waals surface area contributed by atoms with Gasteiger partial charge in [0.05, 0.1) is 12.2 Å². The zero-order valence-electron chi connectivity index (χ0n) is 18.2.